The Hall–Kier alpha value is -2.06. The van der Waals surface area contributed by atoms with Gasteiger partial charge < -0.3 is 10.5 Å². The van der Waals surface area contributed by atoms with Crippen LogP contribution >= 0.6 is 15.9 Å². The second-order valence-corrected chi connectivity index (χ2v) is 5.00. The maximum absolute atomic E-state index is 9.04. The number of anilines is 1. The first-order chi connectivity index (χ1) is 9.01. The molecule has 0 saturated carbocycles. The molecule has 19 heavy (non-hydrogen) atoms. The molecule has 1 aromatic heterocycles. The highest BCUT2D eigenvalue weighted by Crippen LogP contribution is 2.30. The molecular formula is C14H12BrN3O. The zero-order chi connectivity index (χ0) is 14.0. The second kappa shape index (κ2) is 5.29. The summed E-state index contributed by atoms with van der Waals surface area (Å²) in [6, 6.07) is 7.33. The number of aryl methyl sites for hydroxylation is 2. The van der Waals surface area contributed by atoms with Gasteiger partial charge in [0.25, 0.3) is 0 Å². The van der Waals surface area contributed by atoms with Gasteiger partial charge in [0.2, 0.25) is 5.88 Å². The van der Waals surface area contributed by atoms with Gasteiger partial charge in [0, 0.05) is 4.47 Å². The van der Waals surface area contributed by atoms with E-state index in [1.165, 1.54) is 6.20 Å². The molecule has 1 heterocycles. The lowest BCUT2D eigenvalue weighted by molar-refractivity contribution is 0.460. The summed E-state index contributed by atoms with van der Waals surface area (Å²) >= 11 is 3.50. The van der Waals surface area contributed by atoms with E-state index in [1.54, 1.807) is 6.07 Å². The molecule has 0 atom stereocenters. The molecule has 0 aliphatic carbocycles. The van der Waals surface area contributed by atoms with Crippen LogP contribution in [0.25, 0.3) is 0 Å². The Labute approximate surface area is 120 Å². The molecule has 0 aliphatic rings. The summed E-state index contributed by atoms with van der Waals surface area (Å²) in [6.45, 7) is 3.96. The number of nitriles is 1. The van der Waals surface area contributed by atoms with E-state index in [2.05, 4.69) is 20.9 Å². The summed E-state index contributed by atoms with van der Waals surface area (Å²) in [7, 11) is 0. The molecule has 0 saturated heterocycles. The summed E-state index contributed by atoms with van der Waals surface area (Å²) in [5, 5.41) is 9.04. The van der Waals surface area contributed by atoms with E-state index in [-0.39, 0.29) is 5.88 Å². The fourth-order valence-electron chi connectivity index (χ4n) is 1.71. The van der Waals surface area contributed by atoms with Crippen LogP contribution in [0.4, 0.5) is 5.69 Å². The first-order valence-electron chi connectivity index (χ1n) is 5.61. The lowest BCUT2D eigenvalue weighted by Crippen LogP contribution is -1.95. The van der Waals surface area contributed by atoms with Gasteiger partial charge in [0.15, 0.2) is 0 Å². The Bertz CT molecular complexity index is 654. The van der Waals surface area contributed by atoms with Gasteiger partial charge in [-0.05, 0) is 43.2 Å². The van der Waals surface area contributed by atoms with Gasteiger partial charge in [-0.2, -0.15) is 5.26 Å². The van der Waals surface area contributed by atoms with Gasteiger partial charge in [0.1, 0.15) is 17.4 Å². The van der Waals surface area contributed by atoms with Crippen molar-refractivity contribution in [1.29, 1.82) is 5.26 Å². The summed E-state index contributed by atoms with van der Waals surface area (Å²) < 4.78 is 6.71. The molecule has 0 spiro atoms. The number of rotatable bonds is 2. The fourth-order valence-corrected chi connectivity index (χ4v) is 1.94. The summed E-state index contributed by atoms with van der Waals surface area (Å²) in [5.74, 6) is 0.907. The van der Waals surface area contributed by atoms with E-state index in [1.807, 2.05) is 32.0 Å². The van der Waals surface area contributed by atoms with Gasteiger partial charge in [-0.3, -0.25) is 0 Å². The lowest BCUT2D eigenvalue weighted by atomic mass is 10.1. The van der Waals surface area contributed by atoms with Gasteiger partial charge in [0.05, 0.1) is 11.9 Å². The molecular weight excluding hydrogens is 306 g/mol. The van der Waals surface area contributed by atoms with Crippen molar-refractivity contribution in [2.75, 3.05) is 5.73 Å². The average Bonchev–Trinajstić information content (AvgIpc) is 2.38. The lowest BCUT2D eigenvalue weighted by Gasteiger charge is -2.10. The zero-order valence-corrected chi connectivity index (χ0v) is 12.2. The third-order valence-electron chi connectivity index (χ3n) is 2.62. The highest BCUT2D eigenvalue weighted by atomic mass is 79.9. The predicted octanol–water partition coefficient (Wildman–Crippen LogP) is 3.71. The molecule has 0 aliphatic heterocycles. The Morgan fingerprint density at radius 3 is 2.47 bits per heavy atom. The van der Waals surface area contributed by atoms with Crippen LogP contribution in [0.15, 0.2) is 28.9 Å². The number of nitrogen functional groups attached to an aromatic ring is 1. The minimum Gasteiger partial charge on any atom is -0.438 e. The van der Waals surface area contributed by atoms with Crippen molar-refractivity contribution in [3.05, 3.63) is 45.6 Å². The quantitative estimate of drug-likeness (QED) is 0.916. The Morgan fingerprint density at radius 2 is 1.89 bits per heavy atom. The molecule has 2 aromatic rings. The van der Waals surface area contributed by atoms with Crippen LogP contribution in [0.1, 0.15) is 16.7 Å². The van der Waals surface area contributed by atoms with Gasteiger partial charge >= 0.3 is 0 Å². The second-order valence-electron chi connectivity index (χ2n) is 4.21. The maximum atomic E-state index is 9.04. The van der Waals surface area contributed by atoms with Crippen molar-refractivity contribution >= 4 is 21.6 Å². The number of pyridine rings is 1. The van der Waals surface area contributed by atoms with Crippen LogP contribution in [-0.2, 0) is 0 Å². The minimum absolute atomic E-state index is 0.262. The van der Waals surface area contributed by atoms with Gasteiger partial charge in [-0.15, -0.1) is 0 Å². The Balaban J connectivity index is 2.40. The normalized spacial score (nSPS) is 10.0. The van der Waals surface area contributed by atoms with Crippen LogP contribution in [0, 0.1) is 25.2 Å². The third kappa shape index (κ3) is 2.85. The minimum atomic E-state index is 0.262. The van der Waals surface area contributed by atoms with Crippen molar-refractivity contribution in [1.82, 2.24) is 4.98 Å². The number of ether oxygens (including phenoxy) is 1. The van der Waals surface area contributed by atoms with Crippen molar-refractivity contribution in [3.8, 4) is 17.7 Å². The molecule has 4 nitrogen and oxygen atoms in total. The van der Waals surface area contributed by atoms with Gasteiger partial charge in [-0.1, -0.05) is 15.9 Å². The first-order valence-corrected chi connectivity index (χ1v) is 6.41. The smallest absolute Gasteiger partial charge is 0.237 e. The van der Waals surface area contributed by atoms with Gasteiger partial charge in [-0.25, -0.2) is 4.98 Å². The number of aromatic nitrogens is 1. The molecule has 0 amide bonds. The molecule has 2 rings (SSSR count). The van der Waals surface area contributed by atoms with E-state index >= 15 is 0 Å². The molecule has 96 valence electrons. The van der Waals surface area contributed by atoms with Crippen molar-refractivity contribution in [2.24, 2.45) is 0 Å². The van der Waals surface area contributed by atoms with E-state index in [9.17, 15) is 0 Å². The number of nitrogens with two attached hydrogens (primary N) is 1. The van der Waals surface area contributed by atoms with Crippen LogP contribution < -0.4 is 10.5 Å². The van der Waals surface area contributed by atoms with E-state index in [0.29, 0.717) is 17.0 Å². The molecule has 0 radical (unpaired) electrons. The van der Waals surface area contributed by atoms with Crippen LogP contribution in [-0.4, -0.2) is 4.98 Å². The summed E-state index contributed by atoms with van der Waals surface area (Å²) in [6.07, 6.45) is 1.47. The zero-order valence-electron chi connectivity index (χ0n) is 10.6. The number of hydrogen-bond acceptors (Lipinski definition) is 4. The Morgan fingerprint density at radius 1 is 1.26 bits per heavy atom. The van der Waals surface area contributed by atoms with E-state index in [0.717, 1.165) is 15.6 Å². The monoisotopic (exact) mass is 317 g/mol. The number of nitrogens with zero attached hydrogens (tertiary/aromatic N) is 2. The molecule has 1 aromatic carbocycles. The fraction of sp³-hybridized carbons (Fsp3) is 0.143. The number of benzene rings is 1. The molecule has 2 N–H and O–H groups in total. The third-order valence-corrected chi connectivity index (χ3v) is 3.87. The largest absolute Gasteiger partial charge is 0.438 e. The van der Waals surface area contributed by atoms with E-state index < -0.39 is 0 Å². The van der Waals surface area contributed by atoms with E-state index in [4.69, 9.17) is 15.7 Å². The highest BCUT2D eigenvalue weighted by molar-refractivity contribution is 9.10. The van der Waals surface area contributed by atoms with Crippen molar-refractivity contribution in [2.45, 2.75) is 13.8 Å². The summed E-state index contributed by atoms with van der Waals surface area (Å²) in [5.41, 5.74) is 8.46. The van der Waals surface area contributed by atoms with Crippen molar-refractivity contribution < 1.29 is 4.74 Å². The highest BCUT2D eigenvalue weighted by Gasteiger charge is 2.09. The topological polar surface area (TPSA) is 71.9 Å². The standard InChI is InChI=1S/C14H12BrN3O/c1-8-3-12(4-9(2)13(8)15)19-14-10(6-16)5-11(17)7-18-14/h3-5,7H,17H2,1-2H3. The molecule has 0 bridgehead atoms. The Kier molecular flexibility index (Phi) is 3.72. The van der Waals surface area contributed by atoms with Crippen LogP contribution in [0.5, 0.6) is 11.6 Å². The first kappa shape index (κ1) is 13.4. The maximum Gasteiger partial charge on any atom is 0.237 e. The predicted molar refractivity (Wildman–Crippen MR) is 77.1 cm³/mol. The van der Waals surface area contributed by atoms with Crippen LogP contribution in [0.3, 0.4) is 0 Å². The average molecular weight is 318 g/mol. The molecule has 0 unspecified atom stereocenters. The number of halogens is 1. The van der Waals surface area contributed by atoms with Crippen molar-refractivity contribution in [3.63, 3.8) is 0 Å². The molecule has 5 heteroatoms. The molecule has 0 fully saturated rings. The summed E-state index contributed by atoms with van der Waals surface area (Å²) in [4.78, 5) is 4.04. The van der Waals surface area contributed by atoms with Crippen LogP contribution in [0.2, 0.25) is 0 Å². The number of hydrogen-bond donors (Lipinski definition) is 1. The SMILES string of the molecule is Cc1cc(Oc2ncc(N)cc2C#N)cc(C)c1Br.